The molecular formula is C40H56Ni4O20. The molecule has 0 unspecified atom stereocenters. The molecule has 0 amide bonds. The normalized spacial score (nSPS) is 7.06. The van der Waals surface area contributed by atoms with Crippen LogP contribution in [0.25, 0.3) is 0 Å². The van der Waals surface area contributed by atoms with E-state index in [-0.39, 0.29) is 134 Å². The fourth-order valence-corrected chi connectivity index (χ4v) is 3.15. The van der Waals surface area contributed by atoms with Crippen molar-refractivity contribution in [3.8, 4) is 46.0 Å². The zero-order valence-corrected chi connectivity index (χ0v) is 40.8. The first kappa shape index (κ1) is 90.3. The number of aliphatic hydroxyl groups is 4. The molecule has 376 valence electrons. The molecule has 64 heavy (non-hydrogen) atoms. The summed E-state index contributed by atoms with van der Waals surface area (Å²) >= 11 is 0. The largest absolute Gasteiger partial charge is 2.00 e. The summed E-state index contributed by atoms with van der Waals surface area (Å²) in [5, 5.41) is 105. The van der Waals surface area contributed by atoms with E-state index in [1.54, 1.807) is 24.3 Å². The smallest absolute Gasteiger partial charge is 0.869 e. The summed E-state index contributed by atoms with van der Waals surface area (Å²) in [6.07, 6.45) is 2.07. The molecule has 4 rings (SSSR count). The zero-order chi connectivity index (χ0) is 49.1. The molecule has 0 aromatic heterocycles. The van der Waals surface area contributed by atoms with Gasteiger partial charge in [0.05, 0.1) is 28.4 Å². The molecule has 24 heteroatoms. The fraction of sp³-hybridized carbons (Fsp3) is 0.300. The Morgan fingerprint density at radius 2 is 0.453 bits per heavy atom. The predicted molar refractivity (Wildman–Crippen MR) is 208 cm³/mol. The number of rotatable bonds is 8. The average Bonchev–Trinajstić information content (AvgIpc) is 3.35. The van der Waals surface area contributed by atoms with Gasteiger partial charge in [-0.15, -0.1) is 0 Å². The zero-order valence-electron chi connectivity index (χ0n) is 36.8. The molecule has 4 aromatic rings. The van der Waals surface area contributed by atoms with Crippen LogP contribution in [-0.2, 0) is 66.0 Å². The van der Waals surface area contributed by atoms with Crippen LogP contribution in [0.15, 0.2) is 72.8 Å². The Bertz CT molecular complexity index is 1340. The molecular weight excluding hydrogens is 1040 g/mol. The topological polar surface area (TPSA) is 371 Å². The molecule has 0 radical (unpaired) electrons. The second kappa shape index (κ2) is 73.0. The summed E-state index contributed by atoms with van der Waals surface area (Å²) in [5.41, 5.74) is 0.516. The van der Waals surface area contributed by atoms with Gasteiger partial charge >= 0.3 is 66.0 Å². The number of hydrogen-bond donors (Lipinski definition) is 4. The van der Waals surface area contributed by atoms with Crippen molar-refractivity contribution in [2.24, 2.45) is 0 Å². The summed E-state index contributed by atoms with van der Waals surface area (Å²) in [6, 6.07) is 18.3. The van der Waals surface area contributed by atoms with Crippen molar-refractivity contribution in [1.29, 1.82) is 0 Å². The van der Waals surface area contributed by atoms with E-state index in [0.717, 1.165) is 56.9 Å². The van der Waals surface area contributed by atoms with E-state index in [0.29, 0.717) is 25.1 Å². The van der Waals surface area contributed by atoms with Crippen LogP contribution in [-0.4, -0.2) is 131 Å². The third kappa shape index (κ3) is 40.4. The van der Waals surface area contributed by atoms with E-state index in [1.807, 2.05) is 0 Å². The number of benzene rings is 4. The van der Waals surface area contributed by atoms with Crippen molar-refractivity contribution in [1.82, 2.24) is 0 Å². The van der Waals surface area contributed by atoms with Gasteiger partial charge in [-0.1, -0.05) is 71.5 Å². The Morgan fingerprint density at radius 3 is 0.547 bits per heavy atom. The number of hydrogen-bond acceptors (Lipinski definition) is 20. The van der Waals surface area contributed by atoms with Crippen LogP contribution in [0.5, 0.6) is 46.0 Å². The van der Waals surface area contributed by atoms with Gasteiger partial charge in [-0.2, -0.15) is 28.4 Å². The van der Waals surface area contributed by atoms with Gasteiger partial charge in [0, 0.05) is 50.7 Å². The SMILES string of the molecule is CO.CO.CO.CO.COc1cccc(C=O)c1[O-].COc1cccc(C=O)c1[O-].COc1cccc(C=O)c1[O-].COc1cccc(C=O)c1[O-].C[O-].C[O-].C[O-].C[O-].[Ni+2].[Ni+2].[Ni+2].[Ni+2]. The molecule has 4 N–H and O–H groups in total. The standard InChI is InChI=1S/4C8H8O3.4CH4O.4CH3O.4Ni/c4*1-11-7-4-2-3-6(5-9)8(7)10;8*1-2;;;;/h4*2-5,10H,1H3;4*2H,1H3;4*1H3;;;;/q;;;;;;;;4*-1;4*+2/p-4. The van der Waals surface area contributed by atoms with Crippen molar-refractivity contribution < 1.29 is 165 Å². The van der Waals surface area contributed by atoms with Crippen molar-refractivity contribution in [2.75, 3.05) is 85.3 Å². The molecule has 0 aliphatic heterocycles. The summed E-state index contributed by atoms with van der Waals surface area (Å²) in [7, 11) is 12.6. The van der Waals surface area contributed by atoms with Crippen molar-refractivity contribution >= 4 is 25.1 Å². The molecule has 20 nitrogen and oxygen atoms in total. The molecule has 0 atom stereocenters. The molecule has 4 aromatic carbocycles. The number of aldehydes is 4. The van der Waals surface area contributed by atoms with Gasteiger partial charge in [-0.05, 0) is 24.3 Å². The van der Waals surface area contributed by atoms with Crippen molar-refractivity contribution in [3.63, 3.8) is 0 Å². The van der Waals surface area contributed by atoms with Crippen LogP contribution in [0.1, 0.15) is 41.4 Å². The molecule has 0 bridgehead atoms. The molecule has 0 heterocycles. The van der Waals surface area contributed by atoms with Gasteiger partial charge in [-0.3, -0.25) is 19.2 Å². The Balaban J connectivity index is -0.0000000499. The number of carbonyl (C=O) groups excluding carboxylic acids is 4. The van der Waals surface area contributed by atoms with Gasteiger partial charge in [-0.25, -0.2) is 0 Å². The molecule has 0 aliphatic rings. The van der Waals surface area contributed by atoms with Crippen LogP contribution in [0.3, 0.4) is 0 Å². The average molecular weight is 1090 g/mol. The van der Waals surface area contributed by atoms with E-state index in [2.05, 4.69) is 0 Å². The van der Waals surface area contributed by atoms with Crippen LogP contribution < -0.4 is 59.8 Å². The molecule has 0 fully saturated rings. The minimum atomic E-state index is -0.356. The van der Waals surface area contributed by atoms with Crippen LogP contribution >= 0.6 is 0 Å². The molecule has 0 saturated heterocycles. The quantitative estimate of drug-likeness (QED) is 0.0989. The van der Waals surface area contributed by atoms with Crippen LogP contribution in [0.4, 0.5) is 0 Å². The Labute approximate surface area is 414 Å². The number of methoxy groups -OCH3 is 4. The number of carbonyl (C=O) groups is 4. The molecule has 0 saturated carbocycles. The Kier molecular flexibility index (Phi) is 103. The maximum atomic E-state index is 11.1. The number of ether oxygens (including phenoxy) is 4. The molecule has 0 spiro atoms. The van der Waals surface area contributed by atoms with E-state index in [9.17, 15) is 39.6 Å². The third-order valence-corrected chi connectivity index (χ3v) is 5.42. The summed E-state index contributed by atoms with van der Waals surface area (Å²) in [6.45, 7) is 0. The van der Waals surface area contributed by atoms with E-state index < -0.39 is 0 Å². The third-order valence-electron chi connectivity index (χ3n) is 5.42. The summed E-state index contributed by atoms with van der Waals surface area (Å²) < 4.78 is 18.9. The van der Waals surface area contributed by atoms with Crippen LogP contribution in [0.2, 0.25) is 0 Å². The van der Waals surface area contributed by atoms with Crippen LogP contribution in [0, 0.1) is 0 Å². The maximum absolute atomic E-state index is 11.1. The van der Waals surface area contributed by atoms with Gasteiger partial charge in [0.2, 0.25) is 0 Å². The first-order valence-corrected chi connectivity index (χ1v) is 15.8. The first-order chi connectivity index (χ1) is 29.2. The van der Waals surface area contributed by atoms with Gasteiger partial charge in [0.15, 0.2) is 0 Å². The van der Waals surface area contributed by atoms with E-state index in [1.165, 1.54) is 77.0 Å². The van der Waals surface area contributed by atoms with Crippen molar-refractivity contribution in [2.45, 2.75) is 0 Å². The van der Waals surface area contributed by atoms with E-state index >= 15 is 0 Å². The second-order valence-electron chi connectivity index (χ2n) is 7.99. The maximum Gasteiger partial charge on any atom is 2.00 e. The first-order valence-electron chi connectivity index (χ1n) is 15.8. The predicted octanol–water partition coefficient (Wildman–Crippen LogP) is -3.34. The fourth-order valence-electron chi connectivity index (χ4n) is 3.15. The van der Waals surface area contributed by atoms with Gasteiger partial charge < -0.3 is 80.2 Å². The van der Waals surface area contributed by atoms with Gasteiger partial charge in [0.25, 0.3) is 0 Å². The van der Waals surface area contributed by atoms with E-state index in [4.69, 9.17) is 59.8 Å². The summed E-state index contributed by atoms with van der Waals surface area (Å²) in [5.74, 6) is -0.613. The van der Waals surface area contributed by atoms with Crippen molar-refractivity contribution in [3.05, 3.63) is 95.1 Å². The molecule has 0 aliphatic carbocycles. The number of aliphatic hydroxyl groups excluding tert-OH is 4. The Hall–Kier alpha value is -4.39. The second-order valence-corrected chi connectivity index (χ2v) is 7.99. The monoisotopic (exact) mass is 1090 g/mol. The minimum Gasteiger partial charge on any atom is -0.869 e. The summed E-state index contributed by atoms with van der Waals surface area (Å²) in [4.78, 5) is 41.0. The minimum absolute atomic E-state index is 0. The number of para-hydroxylation sites is 4. The van der Waals surface area contributed by atoms with Gasteiger partial charge in [0.1, 0.15) is 48.1 Å². The Morgan fingerprint density at radius 1 is 0.328 bits per heavy atom.